The van der Waals surface area contributed by atoms with Gasteiger partial charge in [-0.1, -0.05) is 0 Å². The Morgan fingerprint density at radius 3 is 2.38 bits per heavy atom. The number of fused-ring (bicyclic) bond motifs is 1. The number of methoxy groups -OCH3 is 3. The highest BCUT2D eigenvalue weighted by Crippen LogP contribution is 2.42. The number of anilines is 1. The zero-order valence-electron chi connectivity index (χ0n) is 13.0. The van der Waals surface area contributed by atoms with Crippen molar-refractivity contribution >= 4 is 5.69 Å². The summed E-state index contributed by atoms with van der Waals surface area (Å²) in [6.45, 7) is 2.04. The lowest BCUT2D eigenvalue weighted by Crippen LogP contribution is -2.55. The van der Waals surface area contributed by atoms with E-state index in [1.54, 1.807) is 21.3 Å². The van der Waals surface area contributed by atoms with Gasteiger partial charge in [0, 0.05) is 43.0 Å². The molecule has 1 aromatic carbocycles. The molecule has 21 heavy (non-hydrogen) atoms. The zero-order valence-corrected chi connectivity index (χ0v) is 13.0. The molecule has 0 bridgehead atoms. The summed E-state index contributed by atoms with van der Waals surface area (Å²) >= 11 is 0. The molecule has 3 rings (SSSR count). The minimum absolute atomic E-state index is 0.571. The van der Waals surface area contributed by atoms with E-state index in [0.717, 1.165) is 30.3 Å². The molecule has 1 aliphatic carbocycles. The molecule has 116 valence electrons. The highest BCUT2D eigenvalue weighted by Gasteiger charge is 2.35. The van der Waals surface area contributed by atoms with E-state index in [4.69, 9.17) is 14.2 Å². The van der Waals surface area contributed by atoms with Crippen LogP contribution in [0.15, 0.2) is 12.1 Å². The average Bonchev–Trinajstić information content (AvgIpc) is 3.01. The van der Waals surface area contributed by atoms with Crippen molar-refractivity contribution in [1.29, 1.82) is 0 Å². The van der Waals surface area contributed by atoms with Gasteiger partial charge in [-0.25, -0.2) is 0 Å². The van der Waals surface area contributed by atoms with Crippen LogP contribution >= 0.6 is 0 Å². The van der Waals surface area contributed by atoms with Crippen LogP contribution in [-0.4, -0.2) is 46.5 Å². The summed E-state index contributed by atoms with van der Waals surface area (Å²) in [5, 5.41) is 3.63. The van der Waals surface area contributed by atoms with Crippen LogP contribution in [0.25, 0.3) is 0 Å². The van der Waals surface area contributed by atoms with Crippen LogP contribution < -0.4 is 24.4 Å². The molecule has 5 heteroatoms. The van der Waals surface area contributed by atoms with Gasteiger partial charge in [-0.05, 0) is 19.3 Å². The van der Waals surface area contributed by atoms with E-state index in [-0.39, 0.29) is 0 Å². The molecule has 0 radical (unpaired) electrons. The van der Waals surface area contributed by atoms with E-state index >= 15 is 0 Å². The molecule has 1 saturated carbocycles. The van der Waals surface area contributed by atoms with Gasteiger partial charge in [-0.15, -0.1) is 0 Å². The maximum absolute atomic E-state index is 5.47. The third-order valence-electron chi connectivity index (χ3n) is 4.62. The predicted octanol–water partition coefficient (Wildman–Crippen LogP) is 2.04. The van der Waals surface area contributed by atoms with E-state index in [1.165, 1.54) is 19.3 Å². The van der Waals surface area contributed by atoms with Gasteiger partial charge >= 0.3 is 0 Å². The van der Waals surface area contributed by atoms with Crippen LogP contribution in [0.3, 0.4) is 0 Å². The summed E-state index contributed by atoms with van der Waals surface area (Å²) in [5.41, 5.74) is 1.16. The fourth-order valence-corrected chi connectivity index (χ4v) is 3.64. The monoisotopic (exact) mass is 292 g/mol. The molecule has 0 aromatic heterocycles. The Morgan fingerprint density at radius 2 is 1.76 bits per heavy atom. The number of ether oxygens (including phenoxy) is 3. The predicted molar refractivity (Wildman–Crippen MR) is 82.9 cm³/mol. The summed E-state index contributed by atoms with van der Waals surface area (Å²) < 4.78 is 16.4. The highest BCUT2D eigenvalue weighted by atomic mass is 16.5. The van der Waals surface area contributed by atoms with Crippen molar-refractivity contribution in [1.82, 2.24) is 5.32 Å². The molecule has 1 N–H and O–H groups in total. The summed E-state index contributed by atoms with van der Waals surface area (Å²) in [4.78, 5) is 2.48. The number of hydrogen-bond donors (Lipinski definition) is 1. The molecule has 5 nitrogen and oxygen atoms in total. The van der Waals surface area contributed by atoms with Gasteiger partial charge in [0.1, 0.15) is 0 Å². The molecule has 2 atom stereocenters. The van der Waals surface area contributed by atoms with Crippen LogP contribution in [0.4, 0.5) is 5.69 Å². The molecule has 1 aliphatic heterocycles. The van der Waals surface area contributed by atoms with E-state index in [9.17, 15) is 0 Å². The number of nitrogens with one attached hydrogen (secondary N) is 1. The zero-order chi connectivity index (χ0) is 14.8. The second-order valence-corrected chi connectivity index (χ2v) is 5.64. The first kappa shape index (κ1) is 14.3. The van der Waals surface area contributed by atoms with E-state index in [2.05, 4.69) is 22.3 Å². The van der Waals surface area contributed by atoms with Gasteiger partial charge in [0.15, 0.2) is 11.5 Å². The van der Waals surface area contributed by atoms with Gasteiger partial charge in [0.2, 0.25) is 5.75 Å². The van der Waals surface area contributed by atoms with Gasteiger partial charge in [-0.3, -0.25) is 0 Å². The first-order valence-corrected chi connectivity index (χ1v) is 7.58. The largest absolute Gasteiger partial charge is 0.493 e. The van der Waals surface area contributed by atoms with Crippen molar-refractivity contribution in [2.75, 3.05) is 39.3 Å². The Labute approximate surface area is 126 Å². The molecule has 2 aliphatic rings. The maximum atomic E-state index is 5.47. The van der Waals surface area contributed by atoms with Crippen molar-refractivity contribution in [2.24, 2.45) is 0 Å². The fraction of sp³-hybridized carbons (Fsp3) is 0.625. The van der Waals surface area contributed by atoms with Crippen LogP contribution in [0.2, 0.25) is 0 Å². The van der Waals surface area contributed by atoms with Gasteiger partial charge < -0.3 is 24.4 Å². The highest BCUT2D eigenvalue weighted by molar-refractivity contribution is 5.64. The third kappa shape index (κ3) is 2.50. The Morgan fingerprint density at radius 1 is 1.05 bits per heavy atom. The number of nitrogens with zero attached hydrogens (tertiary/aromatic N) is 1. The molecule has 0 spiro atoms. The minimum Gasteiger partial charge on any atom is -0.493 e. The van der Waals surface area contributed by atoms with E-state index in [0.29, 0.717) is 17.8 Å². The molecule has 2 fully saturated rings. The Bertz CT molecular complexity index is 481. The van der Waals surface area contributed by atoms with Crippen molar-refractivity contribution in [2.45, 2.75) is 31.3 Å². The molecule has 1 heterocycles. The van der Waals surface area contributed by atoms with Crippen LogP contribution in [0, 0.1) is 0 Å². The first-order valence-electron chi connectivity index (χ1n) is 7.58. The number of benzene rings is 1. The average molecular weight is 292 g/mol. The second kappa shape index (κ2) is 6.02. The number of rotatable bonds is 4. The second-order valence-electron chi connectivity index (χ2n) is 5.64. The normalized spacial score (nSPS) is 24.6. The van der Waals surface area contributed by atoms with Crippen molar-refractivity contribution in [3.63, 3.8) is 0 Å². The molecular weight excluding hydrogens is 268 g/mol. The fourth-order valence-electron chi connectivity index (χ4n) is 3.64. The number of hydrogen-bond acceptors (Lipinski definition) is 5. The molecule has 0 amide bonds. The number of piperazine rings is 1. The van der Waals surface area contributed by atoms with Crippen LogP contribution in [-0.2, 0) is 0 Å². The Kier molecular flexibility index (Phi) is 4.10. The topological polar surface area (TPSA) is 43.0 Å². The standard InChI is InChI=1S/C16H24N2O3/c1-19-14-9-11(10-15(20-2)16(14)21-3)18-8-7-17-12-5-4-6-13(12)18/h9-10,12-13,17H,4-8H2,1-3H3/t12-,13+/m0/s1. The van der Waals surface area contributed by atoms with Gasteiger partial charge in [-0.2, -0.15) is 0 Å². The van der Waals surface area contributed by atoms with Crippen molar-refractivity contribution < 1.29 is 14.2 Å². The smallest absolute Gasteiger partial charge is 0.203 e. The lowest BCUT2D eigenvalue weighted by atomic mass is 10.1. The van der Waals surface area contributed by atoms with Crippen molar-refractivity contribution in [3.05, 3.63) is 12.1 Å². The molecule has 1 aromatic rings. The van der Waals surface area contributed by atoms with Gasteiger partial charge in [0.25, 0.3) is 0 Å². The lowest BCUT2D eigenvalue weighted by molar-refractivity contribution is 0.323. The Balaban J connectivity index is 1.97. The summed E-state index contributed by atoms with van der Waals surface area (Å²) in [7, 11) is 4.96. The quantitative estimate of drug-likeness (QED) is 0.920. The van der Waals surface area contributed by atoms with Crippen molar-refractivity contribution in [3.8, 4) is 17.2 Å². The van der Waals surface area contributed by atoms with Crippen LogP contribution in [0.5, 0.6) is 17.2 Å². The maximum Gasteiger partial charge on any atom is 0.203 e. The van der Waals surface area contributed by atoms with E-state index < -0.39 is 0 Å². The Hall–Kier alpha value is -1.62. The SMILES string of the molecule is COc1cc(N2CCN[C@H]3CCC[C@H]32)cc(OC)c1OC. The molecular formula is C16H24N2O3. The summed E-state index contributed by atoms with van der Waals surface area (Å²) in [6, 6.07) is 5.30. The third-order valence-corrected chi connectivity index (χ3v) is 4.62. The lowest BCUT2D eigenvalue weighted by Gasteiger charge is -2.40. The summed E-state index contributed by atoms with van der Waals surface area (Å²) in [6.07, 6.45) is 3.81. The minimum atomic E-state index is 0.571. The van der Waals surface area contributed by atoms with Gasteiger partial charge in [0.05, 0.1) is 21.3 Å². The van der Waals surface area contributed by atoms with Crippen LogP contribution in [0.1, 0.15) is 19.3 Å². The summed E-state index contributed by atoms with van der Waals surface area (Å²) in [5.74, 6) is 2.10. The van der Waals surface area contributed by atoms with E-state index in [1.807, 2.05) is 0 Å². The first-order chi connectivity index (χ1) is 10.3. The molecule has 0 unspecified atom stereocenters. The molecule has 1 saturated heterocycles.